The predicted octanol–water partition coefficient (Wildman–Crippen LogP) is 3.40. The molecule has 2 rings (SSSR count). The van der Waals surface area contributed by atoms with Crippen molar-refractivity contribution in [1.29, 1.82) is 0 Å². The minimum Gasteiger partial charge on any atom is -0.372 e. The molecule has 1 aliphatic rings. The van der Waals surface area contributed by atoms with Crippen LogP contribution in [-0.2, 0) is 4.79 Å². The van der Waals surface area contributed by atoms with Crippen molar-refractivity contribution in [3.63, 3.8) is 0 Å². The van der Waals surface area contributed by atoms with Gasteiger partial charge in [0.2, 0.25) is 5.91 Å². The number of nitrogens with zero attached hydrogens (tertiary/aromatic N) is 1. The normalized spacial score (nSPS) is 15.8. The van der Waals surface area contributed by atoms with E-state index in [0.29, 0.717) is 0 Å². The molecule has 0 aromatic heterocycles. The molecule has 98 valence electrons. The van der Waals surface area contributed by atoms with E-state index in [1.54, 1.807) is 0 Å². The number of amides is 1. The fraction of sp³-hybridized carbons (Fsp3) is 0.500. The number of alkyl halides is 1. The molecule has 1 aromatic carbocycles. The van der Waals surface area contributed by atoms with E-state index in [1.165, 1.54) is 18.5 Å². The second-order valence-electron chi connectivity index (χ2n) is 5.17. The highest BCUT2D eigenvalue weighted by Crippen LogP contribution is 2.23. The van der Waals surface area contributed by atoms with Gasteiger partial charge >= 0.3 is 0 Å². The van der Waals surface area contributed by atoms with Gasteiger partial charge in [0.15, 0.2) is 0 Å². The van der Waals surface area contributed by atoms with Gasteiger partial charge in [-0.05, 0) is 51.0 Å². The van der Waals surface area contributed by atoms with Crippen molar-refractivity contribution < 1.29 is 4.79 Å². The summed E-state index contributed by atoms with van der Waals surface area (Å²) >= 11 is 3.35. The Morgan fingerprint density at radius 1 is 1.22 bits per heavy atom. The monoisotopic (exact) mass is 310 g/mol. The highest BCUT2D eigenvalue weighted by Gasteiger charge is 2.23. The largest absolute Gasteiger partial charge is 0.372 e. The van der Waals surface area contributed by atoms with Crippen LogP contribution >= 0.6 is 15.9 Å². The first-order valence-electron chi connectivity index (χ1n) is 6.32. The van der Waals surface area contributed by atoms with Crippen molar-refractivity contribution >= 4 is 33.2 Å². The van der Waals surface area contributed by atoms with Gasteiger partial charge in [0.05, 0.1) is 4.32 Å². The number of nitrogens with one attached hydrogen (secondary N) is 1. The lowest BCUT2D eigenvalue weighted by atomic mass is 10.2. The van der Waals surface area contributed by atoms with Crippen LogP contribution in [0.5, 0.6) is 0 Å². The summed E-state index contributed by atoms with van der Waals surface area (Å²) in [4.78, 5) is 14.2. The van der Waals surface area contributed by atoms with Crippen LogP contribution in [0.2, 0.25) is 0 Å². The van der Waals surface area contributed by atoms with Crippen LogP contribution in [0.4, 0.5) is 11.4 Å². The SMILES string of the molecule is CC(C)(Br)C(=O)Nc1ccc(N2CCCC2)cc1. The Hall–Kier alpha value is -1.03. The molecular formula is C14H19BrN2O. The summed E-state index contributed by atoms with van der Waals surface area (Å²) in [6, 6.07) is 8.07. The molecular weight excluding hydrogens is 292 g/mol. The van der Waals surface area contributed by atoms with Gasteiger partial charge in [0.25, 0.3) is 0 Å². The number of benzene rings is 1. The molecule has 4 heteroatoms. The van der Waals surface area contributed by atoms with Crippen LogP contribution in [0.25, 0.3) is 0 Å². The average Bonchev–Trinajstić information content (AvgIpc) is 2.82. The summed E-state index contributed by atoms with van der Waals surface area (Å²) in [6.45, 7) is 5.95. The van der Waals surface area contributed by atoms with Crippen molar-refractivity contribution in [2.45, 2.75) is 31.0 Å². The maximum Gasteiger partial charge on any atom is 0.240 e. The number of hydrogen-bond donors (Lipinski definition) is 1. The summed E-state index contributed by atoms with van der Waals surface area (Å²) < 4.78 is -0.541. The third-order valence-corrected chi connectivity index (χ3v) is 3.50. The zero-order chi connectivity index (χ0) is 13.2. The summed E-state index contributed by atoms with van der Waals surface area (Å²) in [5, 5.41) is 2.90. The van der Waals surface area contributed by atoms with Gasteiger partial charge < -0.3 is 10.2 Å². The molecule has 1 amide bonds. The quantitative estimate of drug-likeness (QED) is 0.868. The highest BCUT2D eigenvalue weighted by molar-refractivity contribution is 9.10. The Labute approximate surface area is 117 Å². The predicted molar refractivity (Wildman–Crippen MR) is 79.5 cm³/mol. The van der Waals surface area contributed by atoms with Crippen molar-refractivity contribution in [2.24, 2.45) is 0 Å². The van der Waals surface area contributed by atoms with Gasteiger partial charge in [-0.15, -0.1) is 0 Å². The topological polar surface area (TPSA) is 32.3 Å². The van der Waals surface area contributed by atoms with E-state index in [4.69, 9.17) is 0 Å². The average molecular weight is 311 g/mol. The number of anilines is 2. The Morgan fingerprint density at radius 3 is 2.28 bits per heavy atom. The Morgan fingerprint density at radius 2 is 1.78 bits per heavy atom. The highest BCUT2D eigenvalue weighted by atomic mass is 79.9. The first kappa shape index (κ1) is 13.4. The van der Waals surface area contributed by atoms with Gasteiger partial charge in [0.1, 0.15) is 0 Å². The van der Waals surface area contributed by atoms with Crippen LogP contribution in [0, 0.1) is 0 Å². The van der Waals surface area contributed by atoms with Crippen molar-refractivity contribution in [3.05, 3.63) is 24.3 Å². The molecule has 3 nitrogen and oxygen atoms in total. The number of carbonyl (C=O) groups excluding carboxylic acids is 1. The minimum absolute atomic E-state index is 0.0311. The lowest BCUT2D eigenvalue weighted by Crippen LogP contribution is -2.30. The molecule has 0 saturated carbocycles. The molecule has 0 aliphatic carbocycles. The fourth-order valence-corrected chi connectivity index (χ4v) is 2.11. The Bertz CT molecular complexity index is 416. The van der Waals surface area contributed by atoms with E-state index in [-0.39, 0.29) is 5.91 Å². The van der Waals surface area contributed by atoms with Gasteiger partial charge in [-0.2, -0.15) is 0 Å². The number of hydrogen-bond acceptors (Lipinski definition) is 2. The molecule has 0 unspecified atom stereocenters. The molecule has 1 aromatic rings. The van der Waals surface area contributed by atoms with E-state index < -0.39 is 4.32 Å². The zero-order valence-electron chi connectivity index (χ0n) is 10.9. The molecule has 1 heterocycles. The smallest absolute Gasteiger partial charge is 0.240 e. The Balaban J connectivity index is 2.01. The van der Waals surface area contributed by atoms with Crippen molar-refractivity contribution in [3.8, 4) is 0 Å². The first-order valence-corrected chi connectivity index (χ1v) is 7.11. The minimum atomic E-state index is -0.541. The van der Waals surface area contributed by atoms with Crippen LogP contribution in [0.15, 0.2) is 24.3 Å². The van der Waals surface area contributed by atoms with Gasteiger partial charge in [-0.25, -0.2) is 0 Å². The van der Waals surface area contributed by atoms with Crippen LogP contribution < -0.4 is 10.2 Å². The lowest BCUT2D eigenvalue weighted by molar-refractivity contribution is -0.117. The summed E-state index contributed by atoms with van der Waals surface area (Å²) in [5.74, 6) is -0.0311. The maximum absolute atomic E-state index is 11.8. The van der Waals surface area contributed by atoms with E-state index in [0.717, 1.165) is 18.8 Å². The van der Waals surface area contributed by atoms with E-state index >= 15 is 0 Å². The van der Waals surface area contributed by atoms with E-state index in [1.807, 2.05) is 26.0 Å². The summed E-state index contributed by atoms with van der Waals surface area (Å²) in [6.07, 6.45) is 2.55. The molecule has 1 aliphatic heterocycles. The Kier molecular flexibility index (Phi) is 3.95. The second-order valence-corrected chi connectivity index (χ2v) is 7.15. The number of carbonyl (C=O) groups is 1. The zero-order valence-corrected chi connectivity index (χ0v) is 12.5. The third-order valence-electron chi connectivity index (χ3n) is 3.14. The molecule has 18 heavy (non-hydrogen) atoms. The standard InChI is InChI=1S/C14H19BrN2O/c1-14(2,15)13(18)16-11-5-7-12(8-6-11)17-9-3-4-10-17/h5-8H,3-4,9-10H2,1-2H3,(H,16,18). The summed E-state index contributed by atoms with van der Waals surface area (Å²) in [7, 11) is 0. The van der Waals surface area contributed by atoms with Crippen LogP contribution in [0.1, 0.15) is 26.7 Å². The molecule has 1 saturated heterocycles. The number of rotatable bonds is 3. The van der Waals surface area contributed by atoms with Crippen molar-refractivity contribution in [2.75, 3.05) is 23.3 Å². The first-order chi connectivity index (χ1) is 8.47. The number of halogens is 1. The van der Waals surface area contributed by atoms with E-state index in [9.17, 15) is 4.79 Å². The molecule has 0 radical (unpaired) electrons. The maximum atomic E-state index is 11.8. The second kappa shape index (κ2) is 5.31. The summed E-state index contributed by atoms with van der Waals surface area (Å²) in [5.41, 5.74) is 2.08. The van der Waals surface area contributed by atoms with Gasteiger partial charge in [0, 0.05) is 24.5 Å². The van der Waals surface area contributed by atoms with E-state index in [2.05, 4.69) is 38.3 Å². The van der Waals surface area contributed by atoms with Crippen molar-refractivity contribution in [1.82, 2.24) is 0 Å². The van der Waals surface area contributed by atoms with Crippen LogP contribution in [-0.4, -0.2) is 23.3 Å². The molecule has 0 atom stereocenters. The molecule has 0 spiro atoms. The fourth-order valence-electron chi connectivity index (χ4n) is 2.01. The third kappa shape index (κ3) is 3.25. The molecule has 1 fully saturated rings. The van der Waals surface area contributed by atoms with Crippen LogP contribution in [0.3, 0.4) is 0 Å². The lowest BCUT2D eigenvalue weighted by Gasteiger charge is -2.19. The van der Waals surface area contributed by atoms with Gasteiger partial charge in [-0.3, -0.25) is 4.79 Å². The molecule has 0 bridgehead atoms. The molecule has 1 N–H and O–H groups in total. The van der Waals surface area contributed by atoms with Gasteiger partial charge in [-0.1, -0.05) is 15.9 Å².